The molecular weight excluding hydrogens is 343 g/mol. The van der Waals surface area contributed by atoms with Gasteiger partial charge in [0.15, 0.2) is 6.10 Å². The predicted molar refractivity (Wildman–Crippen MR) is 88.6 cm³/mol. The first-order chi connectivity index (χ1) is 12.5. The smallest absolute Gasteiger partial charge is 0.334 e. The van der Waals surface area contributed by atoms with Gasteiger partial charge in [0.1, 0.15) is 17.3 Å². The summed E-state index contributed by atoms with van der Waals surface area (Å²) >= 11 is 0. The van der Waals surface area contributed by atoms with Gasteiger partial charge in [-0.15, -0.1) is 5.10 Å². The van der Waals surface area contributed by atoms with Gasteiger partial charge in [-0.05, 0) is 18.6 Å². The van der Waals surface area contributed by atoms with E-state index in [1.165, 1.54) is 15.6 Å². The maximum absolute atomic E-state index is 14.1. The summed E-state index contributed by atoms with van der Waals surface area (Å²) in [6.45, 7) is 2.24. The zero-order chi connectivity index (χ0) is 18.7. The van der Waals surface area contributed by atoms with Crippen molar-refractivity contribution in [3.63, 3.8) is 0 Å². The third kappa shape index (κ3) is 3.57. The number of carbonyl (C=O) groups is 2. The molecule has 1 unspecified atom stereocenters. The summed E-state index contributed by atoms with van der Waals surface area (Å²) < 4.78 is 20.6. The number of ether oxygens (including phenoxy) is 1. The van der Waals surface area contributed by atoms with Crippen LogP contribution in [-0.4, -0.2) is 62.4 Å². The van der Waals surface area contributed by atoms with E-state index in [2.05, 4.69) is 10.1 Å². The molecule has 0 spiro atoms. The minimum Gasteiger partial charge on any atom is -0.479 e. The maximum Gasteiger partial charge on any atom is 0.334 e. The molecule has 138 valence electrons. The molecule has 1 fully saturated rings. The predicted octanol–water partition coefficient (Wildman–Crippen LogP) is 1.28. The van der Waals surface area contributed by atoms with Crippen LogP contribution in [0.25, 0.3) is 5.69 Å². The zero-order valence-electron chi connectivity index (χ0n) is 14.3. The van der Waals surface area contributed by atoms with Crippen LogP contribution in [0.3, 0.4) is 0 Å². The number of aromatic nitrogens is 3. The highest BCUT2D eigenvalue weighted by molar-refractivity contribution is 5.91. The van der Waals surface area contributed by atoms with Crippen LogP contribution in [0.15, 0.2) is 24.3 Å². The van der Waals surface area contributed by atoms with Gasteiger partial charge >= 0.3 is 5.97 Å². The fraction of sp³-hybridized carbons (Fsp3) is 0.412. The fourth-order valence-electron chi connectivity index (χ4n) is 2.76. The average Bonchev–Trinajstić information content (AvgIpc) is 3.05. The van der Waals surface area contributed by atoms with Crippen LogP contribution in [0.1, 0.15) is 29.8 Å². The van der Waals surface area contributed by atoms with Gasteiger partial charge in [-0.2, -0.15) is 0 Å². The van der Waals surface area contributed by atoms with Gasteiger partial charge in [-0.3, -0.25) is 4.79 Å². The number of benzene rings is 1. The third-order valence-electron chi connectivity index (χ3n) is 4.05. The molecule has 1 aliphatic heterocycles. The monoisotopic (exact) mass is 362 g/mol. The highest BCUT2D eigenvalue weighted by Crippen LogP contribution is 2.17. The Bertz CT molecular complexity index is 823. The van der Waals surface area contributed by atoms with E-state index < -0.39 is 23.8 Å². The molecular formula is C17H19FN4O4. The lowest BCUT2D eigenvalue weighted by Gasteiger charge is -2.29. The van der Waals surface area contributed by atoms with E-state index in [0.717, 1.165) is 6.42 Å². The summed E-state index contributed by atoms with van der Waals surface area (Å²) in [5.41, 5.74) is 0.216. The number of carbonyl (C=O) groups excluding carboxylic acids is 1. The number of aryl methyl sites for hydroxylation is 1. The number of hydrogen-bond donors (Lipinski definition) is 1. The molecule has 0 bridgehead atoms. The van der Waals surface area contributed by atoms with Gasteiger partial charge in [0.05, 0.1) is 13.2 Å². The first kappa shape index (κ1) is 18.0. The third-order valence-corrected chi connectivity index (χ3v) is 4.05. The normalized spacial score (nSPS) is 17.3. The molecule has 1 saturated heterocycles. The molecule has 1 atom stereocenters. The quantitative estimate of drug-likeness (QED) is 0.861. The fourth-order valence-corrected chi connectivity index (χ4v) is 2.76. The second kappa shape index (κ2) is 7.61. The SMILES string of the molecule is CCCc1nc(C(=O)N2CCOC(C(=O)O)C2)nn1-c1ccccc1F. The first-order valence-corrected chi connectivity index (χ1v) is 8.35. The first-order valence-electron chi connectivity index (χ1n) is 8.35. The lowest BCUT2D eigenvalue weighted by molar-refractivity contribution is -0.154. The molecule has 3 rings (SSSR count). The summed E-state index contributed by atoms with van der Waals surface area (Å²) in [6.07, 6.45) is 0.200. The van der Waals surface area contributed by atoms with E-state index in [9.17, 15) is 14.0 Å². The Labute approximate surface area is 149 Å². The van der Waals surface area contributed by atoms with Gasteiger partial charge in [0, 0.05) is 13.0 Å². The number of carboxylic acids is 1. The molecule has 9 heteroatoms. The molecule has 26 heavy (non-hydrogen) atoms. The Morgan fingerprint density at radius 2 is 2.15 bits per heavy atom. The van der Waals surface area contributed by atoms with Crippen molar-refractivity contribution in [3.05, 3.63) is 41.7 Å². The van der Waals surface area contributed by atoms with E-state index in [4.69, 9.17) is 9.84 Å². The molecule has 8 nitrogen and oxygen atoms in total. The Morgan fingerprint density at radius 3 is 2.85 bits per heavy atom. The summed E-state index contributed by atoms with van der Waals surface area (Å²) in [6, 6.07) is 6.12. The molecule has 2 aromatic rings. The van der Waals surface area contributed by atoms with Crippen molar-refractivity contribution in [2.75, 3.05) is 19.7 Å². The topological polar surface area (TPSA) is 97.6 Å². The van der Waals surface area contributed by atoms with E-state index in [1.54, 1.807) is 18.2 Å². The van der Waals surface area contributed by atoms with Crippen LogP contribution < -0.4 is 0 Å². The van der Waals surface area contributed by atoms with E-state index in [0.29, 0.717) is 12.2 Å². The van der Waals surface area contributed by atoms with Crippen LogP contribution in [-0.2, 0) is 16.0 Å². The van der Waals surface area contributed by atoms with Crippen molar-refractivity contribution in [1.82, 2.24) is 19.7 Å². The van der Waals surface area contributed by atoms with Gasteiger partial charge in [0.2, 0.25) is 5.82 Å². The van der Waals surface area contributed by atoms with Crippen LogP contribution in [0.2, 0.25) is 0 Å². The number of nitrogens with zero attached hydrogens (tertiary/aromatic N) is 4. The van der Waals surface area contributed by atoms with Gasteiger partial charge in [0.25, 0.3) is 5.91 Å². The summed E-state index contributed by atoms with van der Waals surface area (Å²) in [5.74, 6) is -1.69. The standard InChI is InChI=1S/C17H19FN4O4/c1-2-5-14-19-15(20-22(14)12-7-4-3-6-11(12)18)16(23)21-8-9-26-13(10-21)17(24)25/h3-4,6-7,13H,2,5,8-10H2,1H3,(H,24,25). The lowest BCUT2D eigenvalue weighted by Crippen LogP contribution is -2.48. The van der Waals surface area contributed by atoms with Crippen molar-refractivity contribution in [1.29, 1.82) is 0 Å². The Balaban J connectivity index is 1.91. The number of morpholine rings is 1. The number of carboxylic acid groups (broad SMARTS) is 1. The van der Waals surface area contributed by atoms with E-state index in [-0.39, 0.29) is 31.2 Å². The number of aliphatic carboxylic acids is 1. The average molecular weight is 362 g/mol. The highest BCUT2D eigenvalue weighted by Gasteiger charge is 2.31. The van der Waals surface area contributed by atoms with Crippen LogP contribution in [0, 0.1) is 5.82 Å². The minimum atomic E-state index is -1.13. The number of amides is 1. The number of rotatable bonds is 5. The van der Waals surface area contributed by atoms with Crippen molar-refractivity contribution < 1.29 is 23.8 Å². The van der Waals surface area contributed by atoms with Crippen LogP contribution >= 0.6 is 0 Å². The molecule has 1 aliphatic rings. The number of halogens is 1. The van der Waals surface area contributed by atoms with Crippen molar-refractivity contribution in [2.45, 2.75) is 25.9 Å². The lowest BCUT2D eigenvalue weighted by atomic mass is 10.2. The molecule has 1 N–H and O–H groups in total. The molecule has 1 amide bonds. The molecule has 1 aromatic heterocycles. The van der Waals surface area contributed by atoms with E-state index in [1.807, 2.05) is 6.92 Å². The highest BCUT2D eigenvalue weighted by atomic mass is 19.1. The maximum atomic E-state index is 14.1. The van der Waals surface area contributed by atoms with Crippen LogP contribution in [0.5, 0.6) is 0 Å². The largest absolute Gasteiger partial charge is 0.479 e. The van der Waals surface area contributed by atoms with E-state index >= 15 is 0 Å². The van der Waals surface area contributed by atoms with Crippen LogP contribution in [0.4, 0.5) is 4.39 Å². The Morgan fingerprint density at radius 1 is 1.38 bits per heavy atom. The molecule has 1 aromatic carbocycles. The molecule has 0 radical (unpaired) electrons. The number of hydrogen-bond acceptors (Lipinski definition) is 5. The summed E-state index contributed by atoms with van der Waals surface area (Å²) in [4.78, 5) is 29.4. The molecule has 0 saturated carbocycles. The zero-order valence-corrected chi connectivity index (χ0v) is 14.3. The minimum absolute atomic E-state index is 0.0779. The Hall–Kier alpha value is -2.81. The second-order valence-electron chi connectivity index (χ2n) is 5.91. The van der Waals surface area contributed by atoms with Gasteiger partial charge in [-0.1, -0.05) is 19.1 Å². The molecule has 0 aliphatic carbocycles. The van der Waals surface area contributed by atoms with Crippen molar-refractivity contribution in [2.24, 2.45) is 0 Å². The van der Waals surface area contributed by atoms with Crippen molar-refractivity contribution >= 4 is 11.9 Å². The number of para-hydroxylation sites is 1. The van der Waals surface area contributed by atoms with Gasteiger partial charge < -0.3 is 14.7 Å². The second-order valence-corrected chi connectivity index (χ2v) is 5.91. The summed E-state index contributed by atoms with van der Waals surface area (Å²) in [5, 5.41) is 13.3. The van der Waals surface area contributed by atoms with Gasteiger partial charge in [-0.25, -0.2) is 18.9 Å². The Kier molecular flexibility index (Phi) is 5.27. The molecule has 2 heterocycles. The van der Waals surface area contributed by atoms with Crippen molar-refractivity contribution in [3.8, 4) is 5.69 Å². The summed E-state index contributed by atoms with van der Waals surface area (Å²) in [7, 11) is 0.